The molecule has 5 heteroatoms. The lowest BCUT2D eigenvalue weighted by Gasteiger charge is -2.42. The molecule has 2 aliphatic heterocycles. The van der Waals surface area contributed by atoms with Gasteiger partial charge in [0.25, 0.3) is 5.91 Å². The predicted octanol–water partition coefficient (Wildman–Crippen LogP) is 1.50. The van der Waals surface area contributed by atoms with Crippen LogP contribution in [0.15, 0.2) is 18.3 Å². The van der Waals surface area contributed by atoms with E-state index in [0.717, 1.165) is 31.8 Å². The number of rotatable bonds is 3. The highest BCUT2D eigenvalue weighted by Gasteiger charge is 2.30. The summed E-state index contributed by atoms with van der Waals surface area (Å²) in [6.07, 6.45) is 4.06. The van der Waals surface area contributed by atoms with E-state index in [4.69, 9.17) is 0 Å². The first-order valence-electron chi connectivity index (χ1n) is 8.50. The van der Waals surface area contributed by atoms with E-state index >= 15 is 0 Å². The molecule has 3 heterocycles. The molecule has 1 amide bonds. The minimum absolute atomic E-state index is 0.149. The summed E-state index contributed by atoms with van der Waals surface area (Å²) in [5.41, 5.74) is 0.713. The average Bonchev–Trinajstić information content (AvgIpc) is 3.09. The fourth-order valence-electron chi connectivity index (χ4n) is 3.75. The Hall–Kier alpha value is -1.33. The van der Waals surface area contributed by atoms with E-state index < -0.39 is 0 Å². The maximum atomic E-state index is 12.4. The van der Waals surface area contributed by atoms with Gasteiger partial charge in [0, 0.05) is 51.5 Å². The highest BCUT2D eigenvalue weighted by atomic mass is 16.2. The highest BCUT2D eigenvalue weighted by Crippen LogP contribution is 2.25. The quantitative estimate of drug-likeness (QED) is 0.920. The second-order valence-electron chi connectivity index (χ2n) is 6.79. The van der Waals surface area contributed by atoms with Crippen LogP contribution in [0.4, 0.5) is 0 Å². The van der Waals surface area contributed by atoms with Gasteiger partial charge in [-0.25, -0.2) is 0 Å². The highest BCUT2D eigenvalue weighted by molar-refractivity contribution is 5.92. The lowest BCUT2D eigenvalue weighted by atomic mass is 9.89. The maximum Gasteiger partial charge on any atom is 0.270 e. The van der Waals surface area contributed by atoms with Crippen LogP contribution in [0.3, 0.4) is 0 Å². The van der Waals surface area contributed by atoms with Crippen LogP contribution < -0.4 is 0 Å². The molecule has 0 radical (unpaired) electrons. The molecule has 2 saturated heterocycles. The number of H-pyrrole nitrogens is 1. The fraction of sp³-hybridized carbons (Fsp3) is 0.706. The van der Waals surface area contributed by atoms with E-state index in [1.807, 2.05) is 23.2 Å². The molecule has 0 unspecified atom stereocenters. The number of amides is 1. The third-order valence-electron chi connectivity index (χ3n) is 5.45. The fourth-order valence-corrected chi connectivity index (χ4v) is 3.75. The summed E-state index contributed by atoms with van der Waals surface area (Å²) in [4.78, 5) is 22.4. The molecule has 0 bridgehead atoms. The number of carbonyl (C=O) groups is 1. The van der Waals surface area contributed by atoms with Crippen LogP contribution in [0.1, 0.15) is 30.3 Å². The van der Waals surface area contributed by atoms with Gasteiger partial charge in [0.15, 0.2) is 0 Å². The summed E-state index contributed by atoms with van der Waals surface area (Å²) < 4.78 is 0. The Balaban J connectivity index is 1.50. The number of piperidine rings is 1. The minimum atomic E-state index is 0.149. The van der Waals surface area contributed by atoms with Crippen molar-refractivity contribution in [1.29, 1.82) is 0 Å². The number of aromatic nitrogens is 1. The zero-order chi connectivity index (χ0) is 15.5. The summed E-state index contributed by atoms with van der Waals surface area (Å²) in [6, 6.07) is 4.38. The van der Waals surface area contributed by atoms with Crippen LogP contribution in [0, 0.1) is 5.92 Å². The van der Waals surface area contributed by atoms with Crippen molar-refractivity contribution in [3.8, 4) is 0 Å². The first kappa shape index (κ1) is 15.6. The van der Waals surface area contributed by atoms with Crippen molar-refractivity contribution in [1.82, 2.24) is 19.7 Å². The molecule has 2 fully saturated rings. The van der Waals surface area contributed by atoms with Crippen LogP contribution in [-0.2, 0) is 0 Å². The Kier molecular flexibility index (Phi) is 4.84. The molecule has 0 aromatic carbocycles. The van der Waals surface area contributed by atoms with Gasteiger partial charge in [-0.05, 0) is 44.9 Å². The Labute approximate surface area is 133 Å². The van der Waals surface area contributed by atoms with E-state index in [1.165, 1.54) is 26.2 Å². The molecule has 1 atom stereocenters. The molecule has 0 aliphatic carbocycles. The van der Waals surface area contributed by atoms with Crippen molar-refractivity contribution in [2.24, 2.45) is 5.92 Å². The first-order valence-corrected chi connectivity index (χ1v) is 8.50. The van der Waals surface area contributed by atoms with Crippen LogP contribution >= 0.6 is 0 Å². The maximum absolute atomic E-state index is 12.4. The first-order chi connectivity index (χ1) is 10.6. The average molecular weight is 304 g/mol. The van der Waals surface area contributed by atoms with Gasteiger partial charge in [-0.2, -0.15) is 0 Å². The van der Waals surface area contributed by atoms with Crippen LogP contribution in [0.25, 0.3) is 0 Å². The third-order valence-corrected chi connectivity index (χ3v) is 5.45. The van der Waals surface area contributed by atoms with E-state index in [0.29, 0.717) is 11.7 Å². The minimum Gasteiger partial charge on any atom is -0.357 e. The topological polar surface area (TPSA) is 42.6 Å². The Bertz CT molecular complexity index is 471. The number of carbonyl (C=O) groups excluding carboxylic acids is 1. The lowest BCUT2D eigenvalue weighted by Crippen LogP contribution is -2.52. The van der Waals surface area contributed by atoms with E-state index in [1.54, 1.807) is 0 Å². The SMILES string of the molecule is C[C@H](C1CCN(C(=O)c2ccc[nH]2)CC1)N1CCN(C)CC1. The molecule has 0 spiro atoms. The standard InChI is InChI=1S/C17H28N4O/c1-14(20-12-10-19(2)11-13-20)15-5-8-21(9-6-15)17(22)16-4-3-7-18-16/h3-4,7,14-15,18H,5-6,8-13H2,1-2H3/t14-/m1/s1. The van der Waals surface area contributed by atoms with Crippen LogP contribution in [0.5, 0.6) is 0 Å². The number of nitrogens with zero attached hydrogens (tertiary/aromatic N) is 3. The van der Waals surface area contributed by atoms with Crippen molar-refractivity contribution >= 4 is 5.91 Å². The van der Waals surface area contributed by atoms with Gasteiger partial charge in [0.2, 0.25) is 0 Å². The van der Waals surface area contributed by atoms with E-state index in [-0.39, 0.29) is 5.91 Å². The molecule has 3 rings (SSSR count). The number of hydrogen-bond acceptors (Lipinski definition) is 3. The summed E-state index contributed by atoms with van der Waals surface area (Å²) in [5.74, 6) is 0.867. The molecular formula is C17H28N4O. The number of aromatic amines is 1. The second kappa shape index (κ2) is 6.84. The molecule has 1 aromatic heterocycles. The largest absolute Gasteiger partial charge is 0.357 e. The number of piperazine rings is 1. The molecule has 122 valence electrons. The van der Waals surface area contributed by atoms with Gasteiger partial charge in [0.1, 0.15) is 5.69 Å². The van der Waals surface area contributed by atoms with Crippen molar-refractivity contribution in [3.63, 3.8) is 0 Å². The molecule has 1 N–H and O–H groups in total. The summed E-state index contributed by atoms with van der Waals surface area (Å²) in [5, 5.41) is 0. The predicted molar refractivity (Wildman–Crippen MR) is 88.0 cm³/mol. The zero-order valence-electron chi connectivity index (χ0n) is 13.8. The van der Waals surface area contributed by atoms with Gasteiger partial charge in [-0.1, -0.05) is 0 Å². The second-order valence-corrected chi connectivity index (χ2v) is 6.79. The Morgan fingerprint density at radius 2 is 1.86 bits per heavy atom. The smallest absolute Gasteiger partial charge is 0.270 e. The van der Waals surface area contributed by atoms with Gasteiger partial charge < -0.3 is 14.8 Å². The molecule has 1 aromatic rings. The summed E-state index contributed by atoms with van der Waals surface area (Å²) in [6.45, 7) is 8.86. The molecule has 5 nitrogen and oxygen atoms in total. The van der Waals surface area contributed by atoms with E-state index in [9.17, 15) is 4.79 Å². The normalized spacial score (nSPS) is 23.6. The number of likely N-dealkylation sites (N-methyl/N-ethyl adjacent to an activating group) is 1. The Morgan fingerprint density at radius 1 is 1.18 bits per heavy atom. The number of nitrogens with one attached hydrogen (secondary N) is 1. The van der Waals surface area contributed by atoms with Crippen LogP contribution in [0.2, 0.25) is 0 Å². The molecular weight excluding hydrogens is 276 g/mol. The van der Waals surface area contributed by atoms with Gasteiger partial charge >= 0.3 is 0 Å². The summed E-state index contributed by atoms with van der Waals surface area (Å²) in [7, 11) is 2.20. The van der Waals surface area contributed by atoms with Gasteiger partial charge in [-0.15, -0.1) is 0 Å². The Morgan fingerprint density at radius 3 is 2.45 bits per heavy atom. The monoisotopic (exact) mass is 304 g/mol. The number of likely N-dealkylation sites (tertiary alicyclic amines) is 1. The van der Waals surface area contributed by atoms with Crippen molar-refractivity contribution < 1.29 is 4.79 Å². The van der Waals surface area contributed by atoms with Crippen molar-refractivity contribution in [2.45, 2.75) is 25.8 Å². The zero-order valence-corrected chi connectivity index (χ0v) is 13.8. The summed E-state index contributed by atoms with van der Waals surface area (Å²) >= 11 is 0. The third kappa shape index (κ3) is 3.36. The molecule has 2 aliphatic rings. The molecule has 0 saturated carbocycles. The van der Waals surface area contributed by atoms with Gasteiger partial charge in [0.05, 0.1) is 0 Å². The number of hydrogen-bond donors (Lipinski definition) is 1. The van der Waals surface area contributed by atoms with E-state index in [2.05, 4.69) is 28.8 Å². The van der Waals surface area contributed by atoms with Crippen molar-refractivity contribution in [2.75, 3.05) is 46.3 Å². The van der Waals surface area contributed by atoms with Gasteiger partial charge in [-0.3, -0.25) is 9.69 Å². The lowest BCUT2D eigenvalue weighted by molar-refractivity contribution is 0.0497. The molecule has 22 heavy (non-hydrogen) atoms. The van der Waals surface area contributed by atoms with Crippen molar-refractivity contribution in [3.05, 3.63) is 24.0 Å². The van der Waals surface area contributed by atoms with Crippen LogP contribution in [-0.4, -0.2) is 77.9 Å².